The fourth-order valence-corrected chi connectivity index (χ4v) is 4.29. The van der Waals surface area contributed by atoms with Crippen LogP contribution < -0.4 is 0 Å². The van der Waals surface area contributed by atoms with E-state index in [0.29, 0.717) is 0 Å². The summed E-state index contributed by atoms with van der Waals surface area (Å²) < 4.78 is 2.01. The Labute approximate surface area is 167 Å². The molecule has 1 fully saturated rings. The molecule has 1 aromatic heterocycles. The van der Waals surface area contributed by atoms with Crippen molar-refractivity contribution in [3.63, 3.8) is 0 Å². The molecule has 0 N–H and O–H groups in total. The number of hydrogen-bond acceptors (Lipinski definition) is 3. The Balaban J connectivity index is 1.51. The van der Waals surface area contributed by atoms with Gasteiger partial charge in [0.25, 0.3) is 5.91 Å². The second kappa shape index (κ2) is 8.31. The Morgan fingerprint density at radius 2 is 1.96 bits per heavy atom. The van der Waals surface area contributed by atoms with Crippen LogP contribution >= 0.6 is 0 Å². The van der Waals surface area contributed by atoms with Gasteiger partial charge in [0.1, 0.15) is 0 Å². The van der Waals surface area contributed by atoms with Crippen LogP contribution in [0.2, 0.25) is 0 Å². The maximum Gasteiger partial charge on any atom is 0.254 e. The van der Waals surface area contributed by atoms with Crippen LogP contribution in [0.4, 0.5) is 0 Å². The molecular weight excluding hydrogens is 348 g/mol. The molecule has 2 aliphatic rings. The Morgan fingerprint density at radius 3 is 2.75 bits per heavy atom. The minimum absolute atomic E-state index is 0.179. The summed E-state index contributed by atoms with van der Waals surface area (Å²) in [5, 5.41) is 4.58. The minimum atomic E-state index is 0.179. The predicted octanol–water partition coefficient (Wildman–Crippen LogP) is 3.39. The van der Waals surface area contributed by atoms with Gasteiger partial charge in [-0.2, -0.15) is 5.10 Å². The van der Waals surface area contributed by atoms with Crippen LogP contribution in [0.25, 0.3) is 5.69 Å². The number of hydrogen-bond donors (Lipinski definition) is 0. The molecule has 148 valence electrons. The summed E-state index contributed by atoms with van der Waals surface area (Å²) in [6.07, 6.45) is 10.5. The zero-order valence-electron chi connectivity index (χ0n) is 17.0. The maximum atomic E-state index is 13.0. The second-order valence-corrected chi connectivity index (χ2v) is 7.89. The zero-order chi connectivity index (χ0) is 19.5. The third-order valence-electron chi connectivity index (χ3n) is 6.01. The van der Waals surface area contributed by atoms with Crippen molar-refractivity contribution in [3.8, 4) is 5.69 Å². The zero-order valence-corrected chi connectivity index (χ0v) is 17.0. The van der Waals surface area contributed by atoms with E-state index in [1.165, 1.54) is 37.2 Å². The maximum absolute atomic E-state index is 13.0. The molecular formula is C23H30N4O. The number of likely N-dealkylation sites (tertiary alicyclic amines) is 1. The predicted molar refractivity (Wildman–Crippen MR) is 112 cm³/mol. The molecule has 0 bridgehead atoms. The number of nitrogens with zero attached hydrogens (tertiary/aromatic N) is 4. The summed E-state index contributed by atoms with van der Waals surface area (Å²) in [5.41, 5.74) is 5.44. The fourth-order valence-electron chi connectivity index (χ4n) is 4.29. The SMILES string of the molecule is C/C=C\Cc1c(C)cnn1-c1ccc2c(c1)CCN(CCN1CCCC1)C2=O. The summed E-state index contributed by atoms with van der Waals surface area (Å²) in [6, 6.07) is 6.18. The highest BCUT2D eigenvalue weighted by Crippen LogP contribution is 2.24. The summed E-state index contributed by atoms with van der Waals surface area (Å²) in [6.45, 7) is 9.15. The molecule has 4 rings (SSSR count). The van der Waals surface area contributed by atoms with Crippen LogP contribution in [0.3, 0.4) is 0 Å². The molecule has 0 aliphatic carbocycles. The lowest BCUT2D eigenvalue weighted by atomic mass is 9.98. The van der Waals surface area contributed by atoms with Crippen molar-refractivity contribution in [1.82, 2.24) is 19.6 Å². The standard InChI is InChI=1S/C23H30N4O/c1-3-4-7-22-18(2)17-24-27(22)20-8-9-21-19(16-20)10-13-26(23(21)28)15-14-25-11-5-6-12-25/h3-4,8-9,16-17H,5-7,10-15H2,1-2H3/b4-3-. The summed E-state index contributed by atoms with van der Waals surface area (Å²) >= 11 is 0. The van der Waals surface area contributed by atoms with E-state index in [1.807, 2.05) is 34.8 Å². The number of allylic oxidation sites excluding steroid dienone is 2. The normalized spacial score (nSPS) is 17.6. The van der Waals surface area contributed by atoms with Crippen molar-refractivity contribution < 1.29 is 4.79 Å². The number of aryl methyl sites for hydroxylation is 1. The largest absolute Gasteiger partial charge is 0.337 e. The van der Waals surface area contributed by atoms with Gasteiger partial charge in [0.15, 0.2) is 0 Å². The first-order chi connectivity index (χ1) is 13.7. The highest BCUT2D eigenvalue weighted by molar-refractivity contribution is 5.97. The smallest absolute Gasteiger partial charge is 0.254 e. The number of carbonyl (C=O) groups is 1. The number of rotatable bonds is 6. The molecule has 1 aromatic carbocycles. The molecule has 3 heterocycles. The molecule has 1 saturated heterocycles. The molecule has 28 heavy (non-hydrogen) atoms. The van der Waals surface area contributed by atoms with Gasteiger partial charge < -0.3 is 9.80 Å². The Bertz CT molecular complexity index is 877. The van der Waals surface area contributed by atoms with Crippen molar-refractivity contribution in [1.29, 1.82) is 0 Å². The molecule has 0 unspecified atom stereocenters. The van der Waals surface area contributed by atoms with E-state index in [9.17, 15) is 4.79 Å². The van der Waals surface area contributed by atoms with E-state index in [0.717, 1.165) is 49.3 Å². The quantitative estimate of drug-likeness (QED) is 0.724. The molecule has 5 heteroatoms. The second-order valence-electron chi connectivity index (χ2n) is 7.89. The number of carbonyl (C=O) groups excluding carboxylic acids is 1. The Morgan fingerprint density at radius 1 is 1.14 bits per heavy atom. The minimum Gasteiger partial charge on any atom is -0.337 e. The number of fused-ring (bicyclic) bond motifs is 1. The molecule has 2 aliphatic heterocycles. The van der Waals surface area contributed by atoms with Gasteiger partial charge in [-0.1, -0.05) is 12.2 Å². The van der Waals surface area contributed by atoms with Crippen molar-refractivity contribution in [2.75, 3.05) is 32.7 Å². The molecule has 0 saturated carbocycles. The molecule has 0 radical (unpaired) electrons. The Hall–Kier alpha value is -2.40. The van der Waals surface area contributed by atoms with Crippen molar-refractivity contribution >= 4 is 5.91 Å². The molecule has 0 atom stereocenters. The van der Waals surface area contributed by atoms with Crippen LogP contribution in [0.15, 0.2) is 36.5 Å². The van der Waals surface area contributed by atoms with Gasteiger partial charge in [0.05, 0.1) is 17.6 Å². The number of benzene rings is 1. The van der Waals surface area contributed by atoms with Gasteiger partial charge >= 0.3 is 0 Å². The highest BCUT2D eigenvalue weighted by atomic mass is 16.2. The first kappa shape index (κ1) is 18.9. The third-order valence-corrected chi connectivity index (χ3v) is 6.01. The average Bonchev–Trinajstić information content (AvgIpc) is 3.35. The lowest BCUT2D eigenvalue weighted by molar-refractivity contribution is 0.0724. The summed E-state index contributed by atoms with van der Waals surface area (Å²) in [7, 11) is 0. The summed E-state index contributed by atoms with van der Waals surface area (Å²) in [4.78, 5) is 17.5. The Kier molecular flexibility index (Phi) is 5.62. The van der Waals surface area contributed by atoms with Crippen LogP contribution in [-0.2, 0) is 12.8 Å². The van der Waals surface area contributed by atoms with E-state index in [-0.39, 0.29) is 5.91 Å². The molecule has 2 aromatic rings. The lowest BCUT2D eigenvalue weighted by Gasteiger charge is -2.30. The van der Waals surface area contributed by atoms with E-state index >= 15 is 0 Å². The van der Waals surface area contributed by atoms with E-state index in [2.05, 4.69) is 35.1 Å². The van der Waals surface area contributed by atoms with E-state index in [4.69, 9.17) is 0 Å². The van der Waals surface area contributed by atoms with Gasteiger partial charge in [-0.3, -0.25) is 4.79 Å². The molecule has 5 nitrogen and oxygen atoms in total. The van der Waals surface area contributed by atoms with E-state index < -0.39 is 0 Å². The summed E-state index contributed by atoms with van der Waals surface area (Å²) in [5.74, 6) is 0.179. The first-order valence-electron chi connectivity index (χ1n) is 10.5. The number of amides is 1. The fraction of sp³-hybridized carbons (Fsp3) is 0.478. The van der Waals surface area contributed by atoms with Crippen LogP contribution in [0.1, 0.15) is 46.9 Å². The van der Waals surface area contributed by atoms with Gasteiger partial charge in [-0.15, -0.1) is 0 Å². The monoisotopic (exact) mass is 378 g/mol. The van der Waals surface area contributed by atoms with Crippen LogP contribution in [-0.4, -0.2) is 58.2 Å². The van der Waals surface area contributed by atoms with E-state index in [1.54, 1.807) is 0 Å². The van der Waals surface area contributed by atoms with Crippen LogP contribution in [0.5, 0.6) is 0 Å². The van der Waals surface area contributed by atoms with Gasteiger partial charge in [-0.25, -0.2) is 4.68 Å². The van der Waals surface area contributed by atoms with Crippen molar-refractivity contribution in [3.05, 3.63) is 58.9 Å². The average molecular weight is 379 g/mol. The first-order valence-corrected chi connectivity index (χ1v) is 10.5. The van der Waals surface area contributed by atoms with Gasteiger partial charge in [-0.05, 0) is 75.5 Å². The topological polar surface area (TPSA) is 41.4 Å². The van der Waals surface area contributed by atoms with Crippen LogP contribution in [0, 0.1) is 6.92 Å². The highest BCUT2D eigenvalue weighted by Gasteiger charge is 2.25. The third kappa shape index (κ3) is 3.76. The van der Waals surface area contributed by atoms with Crippen molar-refractivity contribution in [2.24, 2.45) is 0 Å². The molecule has 0 spiro atoms. The van der Waals surface area contributed by atoms with Crippen molar-refractivity contribution in [2.45, 2.75) is 39.5 Å². The van der Waals surface area contributed by atoms with Gasteiger partial charge in [0.2, 0.25) is 0 Å². The van der Waals surface area contributed by atoms with Gasteiger partial charge in [0, 0.05) is 31.6 Å². The number of aromatic nitrogens is 2. The lowest BCUT2D eigenvalue weighted by Crippen LogP contribution is -2.42. The molecule has 1 amide bonds.